The van der Waals surface area contributed by atoms with Gasteiger partial charge in [0, 0.05) is 0 Å². The molecule has 0 amide bonds. The van der Waals surface area contributed by atoms with Gasteiger partial charge in [0.15, 0.2) is 0 Å². The molecule has 0 aromatic heterocycles. The summed E-state index contributed by atoms with van der Waals surface area (Å²) in [5.41, 5.74) is 1.23. The van der Waals surface area contributed by atoms with E-state index < -0.39 is 10.1 Å². The molecule has 0 aromatic rings. The van der Waals surface area contributed by atoms with Crippen LogP contribution < -0.4 is 29.6 Å². The predicted octanol–water partition coefficient (Wildman–Crippen LogP) is -1.30. The van der Waals surface area contributed by atoms with Crippen molar-refractivity contribution in [3.05, 3.63) is 42.5 Å². The van der Waals surface area contributed by atoms with Gasteiger partial charge >= 0.3 is 29.6 Å². The van der Waals surface area contributed by atoms with Crippen molar-refractivity contribution < 1.29 is 42.5 Å². The van der Waals surface area contributed by atoms with E-state index in [9.17, 15) is 13.0 Å². The van der Waals surface area contributed by atoms with E-state index in [2.05, 4.69) is 0 Å². The van der Waals surface area contributed by atoms with Crippen LogP contribution in [0.2, 0.25) is 0 Å². The van der Waals surface area contributed by atoms with E-state index in [1.807, 2.05) is 0 Å². The molecule has 72 valence electrons. The van der Waals surface area contributed by atoms with Crippen LogP contribution >= 0.6 is 0 Å². The van der Waals surface area contributed by atoms with Crippen molar-refractivity contribution in [3.63, 3.8) is 0 Å². The fourth-order valence-corrected chi connectivity index (χ4v) is 2.11. The van der Waals surface area contributed by atoms with Crippen LogP contribution in [0.5, 0.6) is 0 Å². The molecule has 0 atom stereocenters. The van der Waals surface area contributed by atoms with Crippen LogP contribution in [0.3, 0.4) is 0 Å². The Kier molecular flexibility index (Phi) is 3.92. The Morgan fingerprint density at radius 1 is 0.933 bits per heavy atom. The van der Waals surface area contributed by atoms with Gasteiger partial charge in [-0.05, 0) is 17.2 Å². The van der Waals surface area contributed by atoms with E-state index in [0.29, 0.717) is 5.56 Å². The van der Waals surface area contributed by atoms with Gasteiger partial charge in [-0.3, -0.25) is 0 Å². The van der Waals surface area contributed by atoms with E-state index in [1.54, 1.807) is 36.4 Å². The molecule has 0 aromatic carbocycles. The molecule has 2 rings (SSSR count). The van der Waals surface area contributed by atoms with Gasteiger partial charge in [0.25, 0.3) is 0 Å². The average Bonchev–Trinajstić information content (AvgIpc) is 2.42. The van der Waals surface area contributed by atoms with Crippen LogP contribution in [0.25, 0.3) is 11.1 Å². The number of fused-ring (bicyclic) bond motifs is 1. The van der Waals surface area contributed by atoms with Crippen molar-refractivity contribution >= 4 is 10.1 Å². The van der Waals surface area contributed by atoms with Gasteiger partial charge in [-0.2, -0.15) is 0 Å². The van der Waals surface area contributed by atoms with E-state index in [1.165, 1.54) is 6.07 Å². The molecule has 0 unspecified atom stereocenters. The summed E-state index contributed by atoms with van der Waals surface area (Å²) in [6.07, 6.45) is 0. The van der Waals surface area contributed by atoms with E-state index in [4.69, 9.17) is 0 Å². The van der Waals surface area contributed by atoms with E-state index in [-0.39, 0.29) is 34.5 Å². The minimum absolute atomic E-state index is 0. The number of rotatable bonds is 1. The largest absolute Gasteiger partial charge is 1.00 e. The molecular formula is C10H7NaO3S. The van der Waals surface area contributed by atoms with Gasteiger partial charge in [-0.25, -0.2) is 8.42 Å². The maximum absolute atomic E-state index is 10.9. The zero-order valence-corrected chi connectivity index (χ0v) is 11.0. The third-order valence-corrected chi connectivity index (χ3v) is 2.91. The zero-order chi connectivity index (χ0) is 10.2. The van der Waals surface area contributed by atoms with Crippen molar-refractivity contribution in [1.29, 1.82) is 0 Å². The number of hydrogen-bond donors (Lipinski definition) is 0. The van der Waals surface area contributed by atoms with Crippen molar-refractivity contribution in [1.82, 2.24) is 0 Å². The van der Waals surface area contributed by atoms with Crippen LogP contribution in [0.4, 0.5) is 0 Å². The first-order chi connectivity index (χ1) is 6.59. The summed E-state index contributed by atoms with van der Waals surface area (Å²) in [4.78, 5) is -0.164. The first kappa shape index (κ1) is 12.7. The first-order valence-electron chi connectivity index (χ1n) is 4.03. The molecule has 0 bridgehead atoms. The second-order valence-corrected chi connectivity index (χ2v) is 4.28. The molecule has 0 saturated carbocycles. The first-order valence-corrected chi connectivity index (χ1v) is 5.43. The Balaban J connectivity index is 0.00000112. The predicted molar refractivity (Wildman–Crippen MR) is 51.0 cm³/mol. The second-order valence-electron chi connectivity index (χ2n) is 2.93. The van der Waals surface area contributed by atoms with Crippen LogP contribution in [-0.2, 0) is 10.1 Å². The summed E-state index contributed by atoms with van der Waals surface area (Å²) >= 11 is 0. The van der Waals surface area contributed by atoms with Crippen molar-refractivity contribution in [2.24, 2.45) is 0 Å². The maximum atomic E-state index is 10.9. The van der Waals surface area contributed by atoms with Gasteiger partial charge in [0.1, 0.15) is 10.1 Å². The molecule has 0 aliphatic heterocycles. The monoisotopic (exact) mass is 230 g/mol. The van der Waals surface area contributed by atoms with E-state index in [0.717, 1.165) is 5.56 Å². The van der Waals surface area contributed by atoms with Gasteiger partial charge in [0.05, 0.1) is 4.90 Å². The van der Waals surface area contributed by atoms with Gasteiger partial charge in [0.2, 0.25) is 0 Å². The third kappa shape index (κ3) is 2.59. The van der Waals surface area contributed by atoms with Gasteiger partial charge in [-0.1, -0.05) is 36.4 Å². The molecule has 15 heavy (non-hydrogen) atoms. The topological polar surface area (TPSA) is 57.2 Å². The second kappa shape index (κ2) is 4.63. The summed E-state index contributed by atoms with van der Waals surface area (Å²) in [6, 6.07) is 11.5. The summed E-state index contributed by atoms with van der Waals surface area (Å²) < 4.78 is 32.8. The molecule has 3 nitrogen and oxygen atoms in total. The van der Waals surface area contributed by atoms with Crippen LogP contribution in [0.15, 0.2) is 47.4 Å². The summed E-state index contributed by atoms with van der Waals surface area (Å²) in [7, 11) is -4.39. The quantitative estimate of drug-likeness (QED) is 0.452. The van der Waals surface area contributed by atoms with E-state index >= 15 is 0 Å². The summed E-state index contributed by atoms with van der Waals surface area (Å²) in [5, 5.41) is 0. The molecule has 0 fully saturated rings. The Morgan fingerprint density at radius 2 is 1.53 bits per heavy atom. The summed E-state index contributed by atoms with van der Waals surface area (Å²) in [5.74, 6) is 0. The van der Waals surface area contributed by atoms with Crippen molar-refractivity contribution in [2.75, 3.05) is 0 Å². The molecular weight excluding hydrogens is 223 g/mol. The standard InChI is InChI=1S/C10H8O3S.Na/c11-14(12,13)10-7-2-1-4-8-5-3-6-9(8)10;/h1-7H,(H,11,12,13);/q;+1/p-1. The van der Waals surface area contributed by atoms with Crippen LogP contribution in [0, 0.1) is 0 Å². The Bertz CT molecular complexity index is 536. The van der Waals surface area contributed by atoms with Gasteiger partial charge < -0.3 is 4.55 Å². The minimum atomic E-state index is -4.39. The molecule has 0 N–H and O–H groups in total. The normalized spacial score (nSPS) is 11.0. The fraction of sp³-hybridized carbons (Fsp3) is 0. The average molecular weight is 230 g/mol. The molecule has 0 spiro atoms. The minimum Gasteiger partial charge on any atom is -0.744 e. The molecule has 0 saturated heterocycles. The van der Waals surface area contributed by atoms with Crippen LogP contribution in [-0.4, -0.2) is 13.0 Å². The van der Waals surface area contributed by atoms with Crippen LogP contribution in [0.1, 0.15) is 0 Å². The van der Waals surface area contributed by atoms with Gasteiger partial charge in [-0.15, -0.1) is 0 Å². The van der Waals surface area contributed by atoms with Crippen molar-refractivity contribution in [3.8, 4) is 11.1 Å². The summed E-state index contributed by atoms with van der Waals surface area (Å²) in [6.45, 7) is 0. The molecule has 2 aliphatic carbocycles. The Labute approximate surface area is 111 Å². The number of hydrogen-bond acceptors (Lipinski definition) is 3. The smallest absolute Gasteiger partial charge is 0.744 e. The maximum Gasteiger partial charge on any atom is 1.00 e. The van der Waals surface area contributed by atoms with Crippen molar-refractivity contribution in [2.45, 2.75) is 4.90 Å². The molecule has 2 aliphatic rings. The Morgan fingerprint density at radius 3 is 2.20 bits per heavy atom. The SMILES string of the molecule is O=S(=O)([O-])c1ccccc2cccc1-2.[Na+]. The fourth-order valence-electron chi connectivity index (χ4n) is 1.41. The Hall–Kier alpha value is -0.390. The molecule has 0 radical (unpaired) electrons. The third-order valence-electron chi connectivity index (χ3n) is 2.02. The molecule has 0 heterocycles. The zero-order valence-electron chi connectivity index (χ0n) is 8.17. The molecule has 5 heteroatoms.